The number of rotatable bonds is 4. The number of halogens is 2. The maximum atomic E-state index is 13.5. The van der Waals surface area contributed by atoms with E-state index >= 15 is 0 Å². The Hall–Kier alpha value is -1.63. The Morgan fingerprint density at radius 3 is 3.06 bits per heavy atom. The van der Waals surface area contributed by atoms with Crippen molar-refractivity contribution in [2.45, 2.75) is 6.54 Å². The van der Waals surface area contributed by atoms with Crippen molar-refractivity contribution in [1.82, 2.24) is 21.5 Å². The van der Waals surface area contributed by atoms with Crippen molar-refractivity contribution >= 4 is 17.6 Å². The third-order valence-corrected chi connectivity index (χ3v) is 2.74. The number of guanidine groups is 1. The lowest BCUT2D eigenvalue weighted by molar-refractivity contribution is 0.327. The van der Waals surface area contributed by atoms with Gasteiger partial charge in [0.25, 0.3) is 0 Å². The first-order chi connectivity index (χ1) is 8.72. The van der Waals surface area contributed by atoms with Gasteiger partial charge in [-0.3, -0.25) is 10.4 Å². The van der Waals surface area contributed by atoms with Gasteiger partial charge in [0, 0.05) is 10.6 Å². The Labute approximate surface area is 109 Å². The third kappa shape index (κ3) is 2.79. The molecule has 1 heterocycles. The summed E-state index contributed by atoms with van der Waals surface area (Å²) in [6.07, 6.45) is 1.72. The second kappa shape index (κ2) is 5.81. The van der Waals surface area contributed by atoms with Crippen molar-refractivity contribution in [3.8, 4) is 0 Å². The zero-order valence-corrected chi connectivity index (χ0v) is 10.3. The number of aliphatic imine (C=N–C) groups is 1. The van der Waals surface area contributed by atoms with E-state index in [9.17, 15) is 4.39 Å². The Kier molecular flexibility index (Phi) is 4.14. The number of nitrogens with zero attached hydrogens (tertiary/aromatic N) is 2. The summed E-state index contributed by atoms with van der Waals surface area (Å²) in [6, 6.07) is 4.57. The zero-order chi connectivity index (χ0) is 13.0. The lowest BCUT2D eigenvalue weighted by Gasteiger charge is -2.13. The fourth-order valence-electron chi connectivity index (χ4n) is 1.50. The SMILES string of the molecule is C=CCN1NNNC1=NCc1c(F)cccc1Cl. The molecule has 1 fully saturated rings. The van der Waals surface area contributed by atoms with Gasteiger partial charge in [-0.1, -0.05) is 23.7 Å². The standard InChI is InChI=1S/C11H13ClFN5/c1-2-6-18-11(15-16-17-18)14-7-8-9(12)4-3-5-10(8)13/h2-5,16-17H,1,6-7H2,(H,14,15). The van der Waals surface area contributed by atoms with Crippen molar-refractivity contribution < 1.29 is 4.39 Å². The third-order valence-electron chi connectivity index (χ3n) is 2.38. The minimum atomic E-state index is -0.360. The first kappa shape index (κ1) is 12.8. The quantitative estimate of drug-likeness (QED) is 0.723. The van der Waals surface area contributed by atoms with E-state index in [0.717, 1.165) is 0 Å². The fraction of sp³-hybridized carbons (Fsp3) is 0.182. The summed E-state index contributed by atoms with van der Waals surface area (Å²) in [7, 11) is 0. The summed E-state index contributed by atoms with van der Waals surface area (Å²) >= 11 is 5.92. The van der Waals surface area contributed by atoms with Crippen LogP contribution in [-0.2, 0) is 6.54 Å². The topological polar surface area (TPSA) is 51.7 Å². The van der Waals surface area contributed by atoms with Crippen LogP contribution >= 0.6 is 11.6 Å². The van der Waals surface area contributed by atoms with Gasteiger partial charge in [0.1, 0.15) is 5.82 Å². The number of benzene rings is 1. The van der Waals surface area contributed by atoms with Gasteiger partial charge in [0.2, 0.25) is 5.96 Å². The van der Waals surface area contributed by atoms with E-state index < -0.39 is 0 Å². The van der Waals surface area contributed by atoms with E-state index in [1.807, 2.05) is 0 Å². The Morgan fingerprint density at radius 1 is 1.50 bits per heavy atom. The summed E-state index contributed by atoms with van der Waals surface area (Å²) in [6.45, 7) is 4.35. The average Bonchev–Trinajstić information content (AvgIpc) is 2.77. The first-order valence-corrected chi connectivity index (χ1v) is 5.72. The van der Waals surface area contributed by atoms with Gasteiger partial charge in [-0.05, 0) is 12.1 Å². The summed E-state index contributed by atoms with van der Waals surface area (Å²) in [4.78, 5) is 4.25. The van der Waals surface area contributed by atoms with Gasteiger partial charge < -0.3 is 0 Å². The average molecular weight is 270 g/mol. The highest BCUT2D eigenvalue weighted by Gasteiger charge is 2.16. The van der Waals surface area contributed by atoms with Crippen LogP contribution in [0.25, 0.3) is 0 Å². The molecule has 0 bridgehead atoms. The van der Waals surface area contributed by atoms with Gasteiger partial charge in [-0.25, -0.2) is 9.38 Å². The largest absolute Gasteiger partial charge is 0.275 e. The van der Waals surface area contributed by atoms with Crippen LogP contribution in [0.15, 0.2) is 35.8 Å². The molecule has 0 radical (unpaired) electrons. The molecule has 2 rings (SSSR count). The molecule has 18 heavy (non-hydrogen) atoms. The minimum Gasteiger partial charge on any atom is -0.275 e. The summed E-state index contributed by atoms with van der Waals surface area (Å²) < 4.78 is 13.5. The molecule has 1 aromatic rings. The van der Waals surface area contributed by atoms with Gasteiger partial charge in [0.15, 0.2) is 0 Å². The smallest absolute Gasteiger partial charge is 0.226 e. The molecular formula is C11H13ClFN5. The number of hydrazine groups is 3. The molecule has 0 unspecified atom stereocenters. The second-order valence-electron chi connectivity index (χ2n) is 3.60. The molecule has 1 aliphatic rings. The van der Waals surface area contributed by atoms with Gasteiger partial charge in [0.05, 0.1) is 13.1 Å². The molecule has 96 valence electrons. The molecule has 0 aliphatic carbocycles. The summed E-state index contributed by atoms with van der Waals surface area (Å²) in [5.74, 6) is 0.190. The number of nitrogens with one attached hydrogen (secondary N) is 3. The van der Waals surface area contributed by atoms with Gasteiger partial charge >= 0.3 is 0 Å². The maximum absolute atomic E-state index is 13.5. The molecule has 0 spiro atoms. The van der Waals surface area contributed by atoms with Crippen LogP contribution in [0.1, 0.15) is 5.56 Å². The fourth-order valence-corrected chi connectivity index (χ4v) is 1.72. The predicted octanol–water partition coefficient (Wildman–Crippen LogP) is 1.35. The van der Waals surface area contributed by atoms with Crippen LogP contribution in [-0.4, -0.2) is 17.5 Å². The highest BCUT2D eigenvalue weighted by molar-refractivity contribution is 6.31. The van der Waals surface area contributed by atoms with Crippen molar-refractivity contribution in [2.24, 2.45) is 4.99 Å². The molecule has 7 heteroatoms. The second-order valence-corrected chi connectivity index (χ2v) is 4.01. The summed E-state index contributed by atoms with van der Waals surface area (Å²) in [5, 5.41) is 2.07. The molecule has 1 aromatic carbocycles. The number of hydrogen-bond acceptors (Lipinski definition) is 3. The molecule has 0 aromatic heterocycles. The van der Waals surface area contributed by atoms with Crippen molar-refractivity contribution in [1.29, 1.82) is 0 Å². The molecule has 0 saturated carbocycles. The zero-order valence-electron chi connectivity index (χ0n) is 9.58. The Morgan fingerprint density at radius 2 is 2.33 bits per heavy atom. The van der Waals surface area contributed by atoms with Crippen LogP contribution in [0.4, 0.5) is 4.39 Å². The maximum Gasteiger partial charge on any atom is 0.226 e. The molecule has 1 aliphatic heterocycles. The lowest BCUT2D eigenvalue weighted by Crippen LogP contribution is -2.37. The predicted molar refractivity (Wildman–Crippen MR) is 68.9 cm³/mol. The van der Waals surface area contributed by atoms with E-state index in [0.29, 0.717) is 23.1 Å². The Balaban J connectivity index is 2.12. The van der Waals surface area contributed by atoms with Crippen LogP contribution < -0.4 is 16.5 Å². The van der Waals surface area contributed by atoms with E-state index in [-0.39, 0.29) is 12.4 Å². The monoisotopic (exact) mass is 269 g/mol. The summed E-state index contributed by atoms with van der Waals surface area (Å²) in [5.41, 5.74) is 8.69. The van der Waals surface area contributed by atoms with E-state index in [2.05, 4.69) is 28.1 Å². The molecule has 5 nitrogen and oxygen atoms in total. The highest BCUT2D eigenvalue weighted by atomic mass is 35.5. The van der Waals surface area contributed by atoms with E-state index in [1.54, 1.807) is 23.2 Å². The highest BCUT2D eigenvalue weighted by Crippen LogP contribution is 2.19. The van der Waals surface area contributed by atoms with Gasteiger partial charge in [-0.15, -0.1) is 12.1 Å². The lowest BCUT2D eigenvalue weighted by atomic mass is 10.2. The molecule has 1 saturated heterocycles. The molecule has 3 N–H and O–H groups in total. The number of hydrogen-bond donors (Lipinski definition) is 3. The minimum absolute atomic E-state index is 0.158. The Bertz CT molecular complexity index is 456. The van der Waals surface area contributed by atoms with E-state index in [4.69, 9.17) is 11.6 Å². The molecular weight excluding hydrogens is 257 g/mol. The van der Waals surface area contributed by atoms with Crippen LogP contribution in [0.5, 0.6) is 0 Å². The van der Waals surface area contributed by atoms with Crippen molar-refractivity contribution in [2.75, 3.05) is 6.54 Å². The normalized spacial score (nSPS) is 17.0. The molecule has 0 amide bonds. The van der Waals surface area contributed by atoms with Crippen LogP contribution in [0, 0.1) is 5.82 Å². The van der Waals surface area contributed by atoms with E-state index in [1.165, 1.54) is 6.07 Å². The molecule has 0 atom stereocenters. The first-order valence-electron chi connectivity index (χ1n) is 5.35. The van der Waals surface area contributed by atoms with Crippen molar-refractivity contribution in [3.63, 3.8) is 0 Å². The van der Waals surface area contributed by atoms with Gasteiger partial charge in [-0.2, -0.15) is 5.53 Å². The van der Waals surface area contributed by atoms with Crippen LogP contribution in [0.3, 0.4) is 0 Å². The van der Waals surface area contributed by atoms with Crippen molar-refractivity contribution in [3.05, 3.63) is 47.3 Å². The van der Waals surface area contributed by atoms with Crippen LogP contribution in [0.2, 0.25) is 5.02 Å².